The predicted octanol–water partition coefficient (Wildman–Crippen LogP) is 5.67. The first-order chi connectivity index (χ1) is 21.3. The standard InChI is InChI=1S/C33H42F3N5O3/c1-39-30-26-20-25(41-15-18-43-19-16-41)21-28(30)44-17-6-4-2-3-5-12-40-13-10-24(11-14-40)33(35,36)27-9-7-8-23(29(27)34)22-37-31(26)38-32(39)42/h7-9,20-21,24H,2-6,10-19,22H2,1H3,(H,37,38,42). The number of nitrogens with one attached hydrogen (secondary N) is 1. The van der Waals surface area contributed by atoms with E-state index < -0.39 is 28.9 Å². The van der Waals surface area contributed by atoms with Gasteiger partial charge < -0.3 is 24.6 Å². The quantitative estimate of drug-likeness (QED) is 0.380. The number of hydrogen-bond donors (Lipinski definition) is 1. The lowest BCUT2D eigenvalue weighted by Crippen LogP contribution is -2.40. The lowest BCUT2D eigenvalue weighted by molar-refractivity contribution is -0.0880. The van der Waals surface area contributed by atoms with Crippen molar-refractivity contribution in [3.63, 3.8) is 0 Å². The van der Waals surface area contributed by atoms with Gasteiger partial charge in [0.05, 0.1) is 30.9 Å². The molecule has 2 saturated heterocycles. The highest BCUT2D eigenvalue weighted by Gasteiger charge is 2.44. The van der Waals surface area contributed by atoms with Crippen molar-refractivity contribution in [1.82, 2.24) is 14.5 Å². The van der Waals surface area contributed by atoms with E-state index >= 15 is 13.2 Å². The molecule has 8 nitrogen and oxygen atoms in total. The Morgan fingerprint density at radius 2 is 1.70 bits per heavy atom. The molecule has 0 unspecified atom stereocenters. The second-order valence-electron chi connectivity index (χ2n) is 12.2. The molecule has 44 heavy (non-hydrogen) atoms. The summed E-state index contributed by atoms with van der Waals surface area (Å²) in [7, 11) is 1.65. The van der Waals surface area contributed by atoms with E-state index in [9.17, 15) is 4.79 Å². The third-order valence-corrected chi connectivity index (χ3v) is 9.38. The average molecular weight is 614 g/mol. The molecular formula is C33H42F3N5O3. The van der Waals surface area contributed by atoms with Crippen molar-refractivity contribution in [2.75, 3.05) is 62.8 Å². The molecule has 2 fully saturated rings. The minimum Gasteiger partial charge on any atom is -0.491 e. The number of piperidine rings is 1. The van der Waals surface area contributed by atoms with Crippen LogP contribution in [0.25, 0.3) is 10.9 Å². The number of hydrogen-bond acceptors (Lipinski definition) is 7. The lowest BCUT2D eigenvalue weighted by atomic mass is 9.85. The maximum absolute atomic E-state index is 15.8. The molecule has 7 rings (SSSR count). The second-order valence-corrected chi connectivity index (χ2v) is 12.2. The van der Waals surface area contributed by atoms with Crippen LogP contribution in [0.5, 0.6) is 5.75 Å². The van der Waals surface area contributed by atoms with Crippen LogP contribution >= 0.6 is 0 Å². The normalized spacial score (nSPS) is 23.4. The zero-order chi connectivity index (χ0) is 30.7. The zero-order valence-corrected chi connectivity index (χ0v) is 25.4. The summed E-state index contributed by atoms with van der Waals surface area (Å²) >= 11 is 0. The first kappa shape index (κ1) is 30.7. The van der Waals surface area contributed by atoms with Crippen LogP contribution in [-0.4, -0.2) is 67.0 Å². The molecule has 0 amide bonds. The Morgan fingerprint density at radius 1 is 0.955 bits per heavy atom. The maximum atomic E-state index is 15.8. The van der Waals surface area contributed by atoms with Crippen LogP contribution in [0.2, 0.25) is 0 Å². The van der Waals surface area contributed by atoms with Gasteiger partial charge in [0.1, 0.15) is 17.4 Å². The third kappa shape index (κ3) is 6.40. The number of aromatic nitrogens is 2. The molecular weight excluding hydrogens is 571 g/mol. The van der Waals surface area contributed by atoms with Crippen LogP contribution in [0.4, 0.5) is 24.7 Å². The minimum absolute atomic E-state index is 0.0955. The molecule has 4 aliphatic heterocycles. The fourth-order valence-corrected chi connectivity index (χ4v) is 6.74. The Morgan fingerprint density at radius 3 is 2.50 bits per heavy atom. The van der Waals surface area contributed by atoms with Crippen LogP contribution in [0.15, 0.2) is 35.1 Å². The van der Waals surface area contributed by atoms with Gasteiger partial charge in [-0.2, -0.15) is 4.98 Å². The maximum Gasteiger partial charge on any atom is 0.349 e. The van der Waals surface area contributed by atoms with Crippen molar-refractivity contribution in [2.24, 2.45) is 13.0 Å². The van der Waals surface area contributed by atoms with Crippen molar-refractivity contribution in [2.45, 2.75) is 57.4 Å². The van der Waals surface area contributed by atoms with Crippen LogP contribution in [-0.2, 0) is 24.3 Å². The van der Waals surface area contributed by atoms with Gasteiger partial charge in [-0.25, -0.2) is 18.0 Å². The van der Waals surface area contributed by atoms with E-state index in [1.165, 1.54) is 22.8 Å². The monoisotopic (exact) mass is 613 g/mol. The van der Waals surface area contributed by atoms with E-state index in [1.54, 1.807) is 7.05 Å². The molecule has 1 aromatic heterocycles. The van der Waals surface area contributed by atoms with Crippen LogP contribution < -0.4 is 20.6 Å². The Bertz CT molecular complexity index is 1520. The molecule has 0 spiro atoms. The van der Waals surface area contributed by atoms with Gasteiger partial charge in [-0.1, -0.05) is 37.5 Å². The first-order valence-corrected chi connectivity index (χ1v) is 15.9. The predicted molar refractivity (Wildman–Crippen MR) is 165 cm³/mol. The van der Waals surface area contributed by atoms with E-state index in [2.05, 4.69) is 20.1 Å². The van der Waals surface area contributed by atoms with E-state index in [-0.39, 0.29) is 17.9 Å². The molecule has 1 N–H and O–H groups in total. The van der Waals surface area contributed by atoms with Crippen molar-refractivity contribution in [1.29, 1.82) is 0 Å². The SMILES string of the molecule is Cn1c(=O)nc2c3cc(N4CCOCC4)cc(c31)OCCCCCCCN1CCC(CC1)C(F)(F)c1cccc(c1F)CN2. The van der Waals surface area contributed by atoms with Crippen molar-refractivity contribution < 1.29 is 22.6 Å². The number of nitrogens with zero attached hydrogens (tertiary/aromatic N) is 4. The molecule has 0 radical (unpaired) electrons. The number of halogens is 3. The van der Waals surface area contributed by atoms with E-state index in [4.69, 9.17) is 9.47 Å². The smallest absolute Gasteiger partial charge is 0.349 e. The number of rotatable bonds is 1. The topological polar surface area (TPSA) is 71.9 Å². The summed E-state index contributed by atoms with van der Waals surface area (Å²) < 4.78 is 60.7. The molecule has 0 saturated carbocycles. The fraction of sp³-hybridized carbons (Fsp3) is 0.576. The summed E-state index contributed by atoms with van der Waals surface area (Å²) in [6.07, 6.45) is 5.73. The molecule has 5 heterocycles. The van der Waals surface area contributed by atoms with Crippen LogP contribution in [0, 0.1) is 11.7 Å². The Balaban J connectivity index is 1.39. The number of ether oxygens (including phenoxy) is 2. The molecule has 4 aliphatic rings. The van der Waals surface area contributed by atoms with E-state index in [0.29, 0.717) is 75.5 Å². The molecule has 8 bridgehead atoms. The molecule has 0 atom stereocenters. The lowest BCUT2D eigenvalue weighted by Gasteiger charge is -2.36. The Kier molecular flexibility index (Phi) is 9.32. The average Bonchev–Trinajstić information content (AvgIpc) is 3.03. The van der Waals surface area contributed by atoms with E-state index in [0.717, 1.165) is 44.3 Å². The fourth-order valence-electron chi connectivity index (χ4n) is 6.74. The van der Waals surface area contributed by atoms with Gasteiger partial charge in [0.25, 0.3) is 5.92 Å². The van der Waals surface area contributed by atoms with E-state index in [1.807, 2.05) is 12.1 Å². The molecule has 3 aromatic rings. The summed E-state index contributed by atoms with van der Waals surface area (Å²) in [5.74, 6) is -4.27. The van der Waals surface area contributed by atoms with Gasteiger partial charge in [-0.3, -0.25) is 4.57 Å². The zero-order valence-electron chi connectivity index (χ0n) is 25.4. The van der Waals surface area contributed by atoms with Gasteiger partial charge >= 0.3 is 5.69 Å². The van der Waals surface area contributed by atoms with Crippen molar-refractivity contribution in [3.8, 4) is 5.75 Å². The summed E-state index contributed by atoms with van der Waals surface area (Å²) in [5, 5.41) is 3.75. The summed E-state index contributed by atoms with van der Waals surface area (Å²) in [5.41, 5.74) is 0.525. The van der Waals surface area contributed by atoms with Crippen molar-refractivity contribution >= 4 is 22.4 Å². The highest BCUT2D eigenvalue weighted by Crippen LogP contribution is 2.43. The van der Waals surface area contributed by atoms with Gasteiger partial charge in [0.15, 0.2) is 0 Å². The van der Waals surface area contributed by atoms with Gasteiger partial charge in [-0.15, -0.1) is 0 Å². The molecule has 238 valence electrons. The highest BCUT2D eigenvalue weighted by molar-refractivity contribution is 5.96. The summed E-state index contributed by atoms with van der Waals surface area (Å²) in [4.78, 5) is 21.8. The van der Waals surface area contributed by atoms with Crippen LogP contribution in [0.1, 0.15) is 56.1 Å². The number of benzene rings is 2. The number of anilines is 2. The highest BCUT2D eigenvalue weighted by atomic mass is 19.3. The minimum atomic E-state index is -3.28. The van der Waals surface area contributed by atoms with Crippen LogP contribution in [0.3, 0.4) is 0 Å². The van der Waals surface area contributed by atoms with Gasteiger partial charge in [0.2, 0.25) is 0 Å². The number of fused-ring (bicyclic) bond motifs is 10. The molecule has 0 aliphatic carbocycles. The van der Waals surface area contributed by atoms with Gasteiger partial charge in [0, 0.05) is 55.3 Å². The Labute approximate surface area is 256 Å². The largest absolute Gasteiger partial charge is 0.491 e. The van der Waals surface area contributed by atoms with Crippen molar-refractivity contribution in [3.05, 3.63) is 57.8 Å². The second kappa shape index (κ2) is 13.4. The number of morpholine rings is 1. The first-order valence-electron chi connectivity index (χ1n) is 15.9. The molecule has 2 aromatic carbocycles. The third-order valence-electron chi connectivity index (χ3n) is 9.38. The molecule has 11 heteroatoms. The Hall–Kier alpha value is -3.31. The summed E-state index contributed by atoms with van der Waals surface area (Å²) in [6, 6.07) is 8.10. The van der Waals surface area contributed by atoms with Gasteiger partial charge in [-0.05, 0) is 51.4 Å². The summed E-state index contributed by atoms with van der Waals surface area (Å²) in [6.45, 7) is 5.12. The number of aryl methyl sites for hydroxylation is 1. The number of alkyl halides is 2.